The van der Waals surface area contributed by atoms with E-state index in [0.29, 0.717) is 12.3 Å². The Morgan fingerprint density at radius 2 is 2.26 bits per heavy atom. The molecule has 0 spiro atoms. The quantitative estimate of drug-likeness (QED) is 0.302. The first-order valence-corrected chi connectivity index (χ1v) is 6.82. The molecule has 6 heteroatoms. The fourth-order valence-corrected chi connectivity index (χ4v) is 2.46. The van der Waals surface area contributed by atoms with Crippen molar-refractivity contribution in [3.63, 3.8) is 0 Å². The Hall–Kier alpha value is -1.30. The van der Waals surface area contributed by atoms with Crippen LogP contribution in [0.25, 0.3) is 0 Å². The number of nitrogens with two attached hydrogens (primary N) is 1. The second-order valence-electron chi connectivity index (χ2n) is 5.78. The van der Waals surface area contributed by atoms with Gasteiger partial charge in [0.05, 0.1) is 0 Å². The van der Waals surface area contributed by atoms with Gasteiger partial charge in [-0.3, -0.25) is 4.79 Å². The largest absolute Gasteiger partial charge is 0.409 e. The molecule has 0 radical (unpaired) electrons. The molecule has 0 aliphatic carbocycles. The van der Waals surface area contributed by atoms with Crippen LogP contribution in [0.15, 0.2) is 5.16 Å². The molecule has 110 valence electrons. The van der Waals surface area contributed by atoms with Crippen LogP contribution >= 0.6 is 0 Å². The van der Waals surface area contributed by atoms with Gasteiger partial charge >= 0.3 is 0 Å². The molecule has 1 aliphatic rings. The van der Waals surface area contributed by atoms with Crippen molar-refractivity contribution in [2.24, 2.45) is 22.2 Å². The number of likely N-dealkylation sites (tertiary alicyclic amines) is 1. The first-order chi connectivity index (χ1) is 8.85. The third-order valence-electron chi connectivity index (χ3n) is 4.31. The van der Waals surface area contributed by atoms with Crippen LogP contribution in [0.4, 0.5) is 0 Å². The third kappa shape index (κ3) is 3.37. The van der Waals surface area contributed by atoms with E-state index in [9.17, 15) is 4.79 Å². The SMILES string of the molecule is CCC(C)(C(=O)NC1CCN(C)CC1C)C(N)=NO. The zero-order chi connectivity index (χ0) is 14.6. The highest BCUT2D eigenvalue weighted by Gasteiger charge is 2.38. The fourth-order valence-electron chi connectivity index (χ4n) is 2.46. The summed E-state index contributed by atoms with van der Waals surface area (Å²) in [6, 6.07) is 0.154. The minimum atomic E-state index is -0.947. The number of carbonyl (C=O) groups excluding carboxylic acids is 1. The van der Waals surface area contributed by atoms with Crippen LogP contribution in [0.2, 0.25) is 0 Å². The Bertz CT molecular complexity index is 359. The van der Waals surface area contributed by atoms with Crippen molar-refractivity contribution in [2.75, 3.05) is 20.1 Å². The summed E-state index contributed by atoms with van der Waals surface area (Å²) >= 11 is 0. The lowest BCUT2D eigenvalue weighted by molar-refractivity contribution is -0.128. The molecule has 1 amide bonds. The van der Waals surface area contributed by atoms with Crippen LogP contribution in [-0.2, 0) is 4.79 Å². The van der Waals surface area contributed by atoms with Crippen molar-refractivity contribution < 1.29 is 10.0 Å². The molecule has 6 nitrogen and oxygen atoms in total. The summed E-state index contributed by atoms with van der Waals surface area (Å²) in [4.78, 5) is 14.7. The van der Waals surface area contributed by atoms with E-state index in [2.05, 4.69) is 29.3 Å². The number of rotatable bonds is 4. The van der Waals surface area contributed by atoms with Gasteiger partial charge in [-0.1, -0.05) is 19.0 Å². The molecule has 1 heterocycles. The molecule has 1 saturated heterocycles. The van der Waals surface area contributed by atoms with Gasteiger partial charge in [0.2, 0.25) is 5.91 Å². The van der Waals surface area contributed by atoms with E-state index < -0.39 is 5.41 Å². The molecule has 1 fully saturated rings. The molecule has 0 aromatic rings. The molecule has 0 bridgehead atoms. The summed E-state index contributed by atoms with van der Waals surface area (Å²) < 4.78 is 0. The van der Waals surface area contributed by atoms with Gasteiger partial charge in [0.25, 0.3) is 0 Å². The van der Waals surface area contributed by atoms with E-state index >= 15 is 0 Å². The van der Waals surface area contributed by atoms with Crippen LogP contribution in [-0.4, -0.2) is 48.0 Å². The van der Waals surface area contributed by atoms with Crippen LogP contribution in [0.3, 0.4) is 0 Å². The van der Waals surface area contributed by atoms with E-state index in [0.717, 1.165) is 19.5 Å². The summed E-state index contributed by atoms with van der Waals surface area (Å²) in [6.45, 7) is 7.64. The number of nitrogens with zero attached hydrogens (tertiary/aromatic N) is 2. The predicted molar refractivity (Wildman–Crippen MR) is 75.0 cm³/mol. The number of amides is 1. The standard InChI is InChI=1S/C13H26N4O2/c1-5-13(3,11(14)16-19)12(18)15-10-6-7-17(4)8-9(10)2/h9-10,19H,5-8H2,1-4H3,(H2,14,16)(H,15,18). The van der Waals surface area contributed by atoms with E-state index in [1.54, 1.807) is 6.92 Å². The molecule has 3 unspecified atom stereocenters. The average molecular weight is 270 g/mol. The van der Waals surface area contributed by atoms with Crippen molar-refractivity contribution >= 4 is 11.7 Å². The minimum absolute atomic E-state index is 0.0342. The summed E-state index contributed by atoms with van der Waals surface area (Å²) in [5.41, 5.74) is 4.71. The molecule has 1 rings (SSSR count). The maximum atomic E-state index is 12.4. The van der Waals surface area contributed by atoms with Crippen molar-refractivity contribution in [1.82, 2.24) is 10.2 Å². The number of oxime groups is 1. The number of carbonyl (C=O) groups is 1. The summed E-state index contributed by atoms with van der Waals surface area (Å²) in [6.07, 6.45) is 1.43. The second-order valence-corrected chi connectivity index (χ2v) is 5.78. The smallest absolute Gasteiger partial charge is 0.233 e. The van der Waals surface area contributed by atoms with Gasteiger partial charge in [-0.05, 0) is 39.3 Å². The van der Waals surface area contributed by atoms with E-state index in [4.69, 9.17) is 10.9 Å². The Labute approximate surface area is 115 Å². The molecule has 0 aromatic carbocycles. The summed E-state index contributed by atoms with van der Waals surface area (Å²) in [5.74, 6) is 0.205. The van der Waals surface area contributed by atoms with Crippen molar-refractivity contribution in [2.45, 2.75) is 39.7 Å². The van der Waals surface area contributed by atoms with Gasteiger partial charge in [-0.15, -0.1) is 0 Å². The molecular weight excluding hydrogens is 244 g/mol. The maximum absolute atomic E-state index is 12.4. The van der Waals surface area contributed by atoms with Gasteiger partial charge < -0.3 is 21.2 Å². The first-order valence-electron chi connectivity index (χ1n) is 6.82. The molecule has 0 saturated carbocycles. The molecule has 4 N–H and O–H groups in total. The van der Waals surface area contributed by atoms with Gasteiger partial charge in [-0.2, -0.15) is 0 Å². The Balaban J connectivity index is 2.73. The van der Waals surface area contributed by atoms with Crippen LogP contribution < -0.4 is 11.1 Å². The lowest BCUT2D eigenvalue weighted by Gasteiger charge is -2.37. The highest BCUT2D eigenvalue weighted by molar-refractivity contribution is 6.06. The van der Waals surface area contributed by atoms with Gasteiger partial charge in [-0.25, -0.2) is 0 Å². The monoisotopic (exact) mass is 270 g/mol. The summed E-state index contributed by atoms with van der Waals surface area (Å²) in [5, 5.41) is 14.9. The van der Waals surface area contributed by atoms with E-state index in [-0.39, 0.29) is 17.8 Å². The third-order valence-corrected chi connectivity index (χ3v) is 4.31. The normalized spacial score (nSPS) is 28.7. The van der Waals surface area contributed by atoms with Crippen LogP contribution in [0.5, 0.6) is 0 Å². The Kier molecular flexibility index (Phi) is 5.17. The minimum Gasteiger partial charge on any atom is -0.409 e. The second kappa shape index (κ2) is 6.23. The van der Waals surface area contributed by atoms with Crippen molar-refractivity contribution in [1.29, 1.82) is 0 Å². The summed E-state index contributed by atoms with van der Waals surface area (Å²) in [7, 11) is 2.08. The lowest BCUT2D eigenvalue weighted by Crippen LogP contribution is -2.55. The highest BCUT2D eigenvalue weighted by Crippen LogP contribution is 2.24. The topological polar surface area (TPSA) is 91.0 Å². The van der Waals surface area contributed by atoms with Gasteiger partial charge in [0, 0.05) is 12.6 Å². The zero-order valence-corrected chi connectivity index (χ0v) is 12.3. The predicted octanol–water partition coefficient (Wildman–Crippen LogP) is 0.606. The van der Waals surface area contributed by atoms with Crippen molar-refractivity contribution in [3.05, 3.63) is 0 Å². The van der Waals surface area contributed by atoms with E-state index in [1.807, 2.05) is 6.92 Å². The molecular formula is C13H26N4O2. The average Bonchev–Trinajstić information content (AvgIpc) is 2.39. The van der Waals surface area contributed by atoms with E-state index in [1.165, 1.54) is 0 Å². The molecule has 3 atom stereocenters. The van der Waals surface area contributed by atoms with Gasteiger partial charge in [0.1, 0.15) is 5.41 Å². The van der Waals surface area contributed by atoms with Crippen LogP contribution in [0.1, 0.15) is 33.6 Å². The van der Waals surface area contributed by atoms with Crippen molar-refractivity contribution in [3.8, 4) is 0 Å². The zero-order valence-electron chi connectivity index (χ0n) is 12.3. The molecule has 19 heavy (non-hydrogen) atoms. The number of hydrogen-bond donors (Lipinski definition) is 3. The highest BCUT2D eigenvalue weighted by atomic mass is 16.4. The number of piperidine rings is 1. The van der Waals surface area contributed by atoms with Crippen LogP contribution in [0, 0.1) is 11.3 Å². The number of hydrogen-bond acceptors (Lipinski definition) is 4. The van der Waals surface area contributed by atoms with Gasteiger partial charge in [0.15, 0.2) is 5.84 Å². The number of nitrogens with one attached hydrogen (secondary N) is 1. The Morgan fingerprint density at radius 3 is 2.74 bits per heavy atom. The Morgan fingerprint density at radius 1 is 1.63 bits per heavy atom. The lowest BCUT2D eigenvalue weighted by atomic mass is 9.84. The fraction of sp³-hybridized carbons (Fsp3) is 0.846. The first kappa shape index (κ1) is 15.8. The molecule has 1 aliphatic heterocycles. The molecule has 0 aromatic heterocycles. The maximum Gasteiger partial charge on any atom is 0.233 e. The number of amidine groups is 1.